The van der Waals surface area contributed by atoms with Gasteiger partial charge in [0.05, 0.1) is 6.54 Å². The number of nitrogens with zero attached hydrogens (tertiary/aromatic N) is 3. The van der Waals surface area contributed by atoms with Gasteiger partial charge in [0.2, 0.25) is 5.91 Å². The molecule has 1 aliphatic heterocycles. The number of hydrogen-bond donors (Lipinski definition) is 0. The van der Waals surface area contributed by atoms with Gasteiger partial charge >= 0.3 is 0 Å². The molecule has 2 heterocycles. The Balaban J connectivity index is 1.82. The lowest BCUT2D eigenvalue weighted by atomic mass is 10.1. The van der Waals surface area contributed by atoms with E-state index in [1.54, 1.807) is 11.3 Å². The fourth-order valence-corrected chi connectivity index (χ4v) is 4.04. The second-order valence-corrected chi connectivity index (χ2v) is 8.14. The van der Waals surface area contributed by atoms with Crippen molar-refractivity contribution in [1.82, 2.24) is 14.8 Å². The molecule has 130 valence electrons. The van der Waals surface area contributed by atoms with Crippen LogP contribution in [-0.2, 0) is 11.3 Å². The summed E-state index contributed by atoms with van der Waals surface area (Å²) in [6, 6.07) is 0.484. The quantitative estimate of drug-likeness (QED) is 0.761. The van der Waals surface area contributed by atoms with Gasteiger partial charge in [-0.25, -0.2) is 4.98 Å². The van der Waals surface area contributed by atoms with Gasteiger partial charge in [0.15, 0.2) is 0 Å². The third-order valence-corrected chi connectivity index (χ3v) is 5.61. The average Bonchev–Trinajstić information content (AvgIpc) is 2.79. The lowest BCUT2D eigenvalue weighted by Gasteiger charge is -2.26. The SMILES string of the molecule is Cc1csc(CN(C)C2CCC(=O)N(CCCC(C)C)CC2)n1. The van der Waals surface area contributed by atoms with Crippen molar-refractivity contribution < 1.29 is 4.79 Å². The first kappa shape index (κ1) is 18.4. The van der Waals surface area contributed by atoms with E-state index in [9.17, 15) is 4.79 Å². The Morgan fingerprint density at radius 2 is 2.22 bits per heavy atom. The fraction of sp³-hybridized carbons (Fsp3) is 0.778. The average molecular weight is 338 g/mol. The molecule has 0 N–H and O–H groups in total. The summed E-state index contributed by atoms with van der Waals surface area (Å²) in [5.74, 6) is 1.06. The highest BCUT2D eigenvalue weighted by molar-refractivity contribution is 7.09. The molecule has 0 aliphatic carbocycles. The summed E-state index contributed by atoms with van der Waals surface area (Å²) in [5.41, 5.74) is 1.10. The zero-order chi connectivity index (χ0) is 16.8. The molecule has 4 nitrogen and oxygen atoms in total. The number of carbonyl (C=O) groups excluding carboxylic acids is 1. The number of rotatable bonds is 7. The molecular weight excluding hydrogens is 306 g/mol. The second-order valence-electron chi connectivity index (χ2n) is 7.20. The summed E-state index contributed by atoms with van der Waals surface area (Å²) in [5, 5.41) is 3.28. The molecule has 1 saturated heterocycles. The van der Waals surface area contributed by atoms with Crippen LogP contribution in [0.15, 0.2) is 5.38 Å². The van der Waals surface area contributed by atoms with Crippen LogP contribution >= 0.6 is 11.3 Å². The van der Waals surface area contributed by atoms with Crippen LogP contribution in [0, 0.1) is 12.8 Å². The van der Waals surface area contributed by atoms with Gasteiger partial charge < -0.3 is 4.90 Å². The maximum atomic E-state index is 12.3. The molecule has 1 amide bonds. The van der Waals surface area contributed by atoms with Crippen molar-refractivity contribution in [3.05, 3.63) is 16.1 Å². The van der Waals surface area contributed by atoms with E-state index in [0.29, 0.717) is 18.4 Å². The van der Waals surface area contributed by atoms with Gasteiger partial charge in [0.1, 0.15) is 5.01 Å². The Morgan fingerprint density at radius 3 is 2.87 bits per heavy atom. The van der Waals surface area contributed by atoms with Crippen molar-refractivity contribution in [2.45, 2.75) is 65.5 Å². The standard InChI is InChI=1S/C18H31N3OS/c1-14(2)6-5-10-21-11-9-16(7-8-18(21)22)20(4)12-17-19-15(3)13-23-17/h13-14,16H,5-12H2,1-4H3. The molecule has 5 heteroatoms. The lowest BCUT2D eigenvalue weighted by molar-refractivity contribution is -0.130. The molecule has 1 atom stereocenters. The van der Waals surface area contributed by atoms with E-state index in [-0.39, 0.29) is 0 Å². The normalized spacial score (nSPS) is 19.7. The Morgan fingerprint density at radius 1 is 1.43 bits per heavy atom. The van der Waals surface area contributed by atoms with Crippen LogP contribution < -0.4 is 0 Å². The third-order valence-electron chi connectivity index (χ3n) is 4.66. The van der Waals surface area contributed by atoms with Crippen molar-refractivity contribution in [2.24, 2.45) is 5.92 Å². The van der Waals surface area contributed by atoms with Crippen LogP contribution in [0.2, 0.25) is 0 Å². The van der Waals surface area contributed by atoms with Crippen molar-refractivity contribution in [1.29, 1.82) is 0 Å². The maximum absolute atomic E-state index is 12.3. The van der Waals surface area contributed by atoms with Crippen LogP contribution in [0.25, 0.3) is 0 Å². The zero-order valence-electron chi connectivity index (χ0n) is 15.0. The van der Waals surface area contributed by atoms with Crippen LogP contribution in [0.5, 0.6) is 0 Å². The molecule has 2 rings (SSSR count). The minimum Gasteiger partial charge on any atom is -0.343 e. The molecule has 0 radical (unpaired) electrons. The molecule has 0 bridgehead atoms. The fourth-order valence-electron chi connectivity index (χ4n) is 3.21. The van der Waals surface area contributed by atoms with Crippen molar-refractivity contribution in [3.63, 3.8) is 0 Å². The molecule has 0 aromatic carbocycles. The number of aromatic nitrogens is 1. The van der Waals surface area contributed by atoms with E-state index >= 15 is 0 Å². The van der Waals surface area contributed by atoms with E-state index in [0.717, 1.165) is 50.5 Å². The number of likely N-dealkylation sites (tertiary alicyclic amines) is 1. The molecule has 0 saturated carbocycles. The van der Waals surface area contributed by atoms with Gasteiger partial charge in [-0.2, -0.15) is 0 Å². The highest BCUT2D eigenvalue weighted by Gasteiger charge is 2.25. The summed E-state index contributed by atoms with van der Waals surface area (Å²) >= 11 is 1.73. The molecule has 1 aliphatic rings. The minimum absolute atomic E-state index is 0.342. The second kappa shape index (κ2) is 8.78. The number of amides is 1. The van der Waals surface area contributed by atoms with Gasteiger partial charge in [-0.1, -0.05) is 13.8 Å². The van der Waals surface area contributed by atoms with Gasteiger partial charge in [-0.05, 0) is 45.6 Å². The Labute approximate surface area is 144 Å². The monoisotopic (exact) mass is 337 g/mol. The summed E-state index contributed by atoms with van der Waals surface area (Å²) in [7, 11) is 2.17. The Kier molecular flexibility index (Phi) is 7.03. The largest absolute Gasteiger partial charge is 0.343 e. The van der Waals surface area contributed by atoms with Gasteiger partial charge in [-0.15, -0.1) is 11.3 Å². The molecule has 1 aromatic rings. The minimum atomic E-state index is 0.342. The molecule has 1 unspecified atom stereocenters. The van der Waals surface area contributed by atoms with Crippen molar-refractivity contribution in [3.8, 4) is 0 Å². The van der Waals surface area contributed by atoms with E-state index in [1.165, 1.54) is 11.4 Å². The summed E-state index contributed by atoms with van der Waals surface area (Å²) in [6.45, 7) is 9.26. The number of hydrogen-bond acceptors (Lipinski definition) is 4. The highest BCUT2D eigenvalue weighted by Crippen LogP contribution is 2.20. The summed E-state index contributed by atoms with van der Waals surface area (Å²) in [6.07, 6.45) is 5.07. The predicted molar refractivity (Wildman–Crippen MR) is 96.6 cm³/mol. The van der Waals surface area contributed by atoms with Crippen LogP contribution in [0.3, 0.4) is 0 Å². The van der Waals surface area contributed by atoms with E-state index in [1.807, 2.05) is 6.92 Å². The van der Waals surface area contributed by atoms with Gasteiger partial charge in [0.25, 0.3) is 0 Å². The van der Waals surface area contributed by atoms with Crippen molar-refractivity contribution in [2.75, 3.05) is 20.1 Å². The van der Waals surface area contributed by atoms with E-state index in [4.69, 9.17) is 0 Å². The third kappa shape index (κ3) is 5.88. The smallest absolute Gasteiger partial charge is 0.222 e. The summed E-state index contributed by atoms with van der Waals surface area (Å²) < 4.78 is 0. The highest BCUT2D eigenvalue weighted by atomic mass is 32.1. The first-order chi connectivity index (χ1) is 11.0. The predicted octanol–water partition coefficient (Wildman–Crippen LogP) is 3.70. The van der Waals surface area contributed by atoms with Crippen molar-refractivity contribution >= 4 is 17.2 Å². The van der Waals surface area contributed by atoms with E-state index < -0.39 is 0 Å². The Hall–Kier alpha value is -0.940. The first-order valence-electron chi connectivity index (χ1n) is 8.84. The summed E-state index contributed by atoms with van der Waals surface area (Å²) in [4.78, 5) is 21.3. The van der Waals surface area contributed by atoms with Crippen LogP contribution in [0.1, 0.15) is 56.7 Å². The maximum Gasteiger partial charge on any atom is 0.222 e. The first-order valence-corrected chi connectivity index (χ1v) is 9.72. The van der Waals surface area contributed by atoms with E-state index in [2.05, 4.69) is 41.1 Å². The molecule has 23 heavy (non-hydrogen) atoms. The molecule has 1 fully saturated rings. The number of thiazole rings is 1. The number of aryl methyl sites for hydroxylation is 1. The molecule has 1 aromatic heterocycles. The van der Waals surface area contributed by atoms with Gasteiger partial charge in [-0.3, -0.25) is 9.69 Å². The van der Waals surface area contributed by atoms with Crippen LogP contribution in [0.4, 0.5) is 0 Å². The Bertz CT molecular complexity index is 500. The topological polar surface area (TPSA) is 36.4 Å². The number of carbonyl (C=O) groups is 1. The van der Waals surface area contributed by atoms with Crippen LogP contribution in [-0.4, -0.2) is 46.9 Å². The lowest BCUT2D eigenvalue weighted by Crippen LogP contribution is -2.34. The molecule has 0 spiro atoms. The van der Waals surface area contributed by atoms with Gasteiger partial charge in [0, 0.05) is 36.6 Å². The molecular formula is C18H31N3OS. The zero-order valence-corrected chi connectivity index (χ0v) is 15.9.